The lowest BCUT2D eigenvalue weighted by atomic mass is 10.1. The van der Waals surface area contributed by atoms with Crippen LogP contribution in [0.3, 0.4) is 0 Å². The van der Waals surface area contributed by atoms with Gasteiger partial charge in [0.2, 0.25) is 11.7 Å². The zero-order valence-electron chi connectivity index (χ0n) is 14.9. The first-order valence-corrected chi connectivity index (χ1v) is 8.53. The summed E-state index contributed by atoms with van der Waals surface area (Å²) in [4.78, 5) is 27.6. The van der Waals surface area contributed by atoms with Crippen molar-refractivity contribution in [2.24, 2.45) is 0 Å². The van der Waals surface area contributed by atoms with Crippen LogP contribution < -0.4 is 10.3 Å². The van der Waals surface area contributed by atoms with Crippen LogP contribution >= 0.6 is 0 Å². The number of benzene rings is 1. The summed E-state index contributed by atoms with van der Waals surface area (Å²) in [7, 11) is 0. The van der Waals surface area contributed by atoms with E-state index in [4.69, 9.17) is 9.26 Å². The van der Waals surface area contributed by atoms with Gasteiger partial charge < -0.3 is 9.26 Å². The molecule has 1 aromatic carbocycles. The maximum absolute atomic E-state index is 12.3. The summed E-state index contributed by atoms with van der Waals surface area (Å²) < 4.78 is 11.1. The molecule has 4 aromatic rings. The molecule has 0 bridgehead atoms. The second kappa shape index (κ2) is 7.36. The molecule has 8 nitrogen and oxygen atoms in total. The van der Waals surface area contributed by atoms with Crippen LogP contribution in [0, 0.1) is 6.92 Å². The molecule has 4 rings (SSSR count). The van der Waals surface area contributed by atoms with Crippen molar-refractivity contribution >= 4 is 5.78 Å². The first-order valence-electron chi connectivity index (χ1n) is 8.53. The van der Waals surface area contributed by atoms with Crippen LogP contribution in [0.5, 0.6) is 5.88 Å². The first kappa shape index (κ1) is 17.5. The molecule has 0 aliphatic heterocycles. The van der Waals surface area contributed by atoms with Gasteiger partial charge in [0, 0.05) is 29.5 Å². The summed E-state index contributed by atoms with van der Waals surface area (Å²) in [5.74, 6) is 0.694. The number of nitrogens with one attached hydrogen (secondary N) is 2. The van der Waals surface area contributed by atoms with E-state index in [0.29, 0.717) is 17.2 Å². The molecule has 2 N–H and O–H groups in total. The molecule has 140 valence electrons. The summed E-state index contributed by atoms with van der Waals surface area (Å²) in [6, 6.07) is 14.1. The fraction of sp³-hybridized carbons (Fsp3) is 0.100. The molecule has 0 saturated carbocycles. The van der Waals surface area contributed by atoms with Crippen molar-refractivity contribution in [3.8, 4) is 17.1 Å². The van der Waals surface area contributed by atoms with Gasteiger partial charge in [-0.3, -0.25) is 19.8 Å². The zero-order chi connectivity index (χ0) is 19.5. The topological polar surface area (TPSA) is 114 Å². The highest BCUT2D eigenvalue weighted by molar-refractivity contribution is 6.07. The Hall–Kier alpha value is -3.94. The number of aryl methyl sites for hydroxylation is 1. The van der Waals surface area contributed by atoms with Crippen molar-refractivity contribution in [1.29, 1.82) is 0 Å². The Morgan fingerprint density at radius 3 is 2.64 bits per heavy atom. The third kappa shape index (κ3) is 3.48. The minimum absolute atomic E-state index is 0.174. The third-order valence-electron chi connectivity index (χ3n) is 4.24. The number of pyridine rings is 1. The maximum Gasteiger partial charge on any atom is 0.264 e. The molecule has 8 heteroatoms. The fourth-order valence-corrected chi connectivity index (χ4v) is 2.74. The number of nitrogens with zero attached hydrogens (tertiary/aromatic N) is 2. The van der Waals surface area contributed by atoms with E-state index >= 15 is 0 Å². The Bertz CT molecular complexity index is 1160. The molecule has 0 unspecified atom stereocenters. The van der Waals surface area contributed by atoms with Crippen LogP contribution in [0.1, 0.15) is 27.4 Å². The van der Waals surface area contributed by atoms with E-state index in [1.165, 1.54) is 12.3 Å². The lowest BCUT2D eigenvalue weighted by molar-refractivity contribution is 0.103. The molecule has 0 saturated heterocycles. The van der Waals surface area contributed by atoms with Crippen molar-refractivity contribution < 1.29 is 14.1 Å². The molecule has 3 aromatic heterocycles. The number of H-pyrrole nitrogens is 2. The summed E-state index contributed by atoms with van der Waals surface area (Å²) in [5.41, 5.74) is 2.64. The number of carbonyl (C=O) groups is 1. The van der Waals surface area contributed by atoms with E-state index < -0.39 is 0 Å². The Kier molecular flexibility index (Phi) is 4.59. The van der Waals surface area contributed by atoms with Crippen molar-refractivity contribution in [3.05, 3.63) is 87.7 Å². The molecule has 0 amide bonds. The molecular formula is C20H16N4O4. The van der Waals surface area contributed by atoms with Gasteiger partial charge in [0.05, 0.1) is 5.56 Å². The Labute approximate surface area is 159 Å². The van der Waals surface area contributed by atoms with E-state index in [2.05, 4.69) is 20.3 Å². The zero-order valence-corrected chi connectivity index (χ0v) is 14.9. The minimum atomic E-state index is -0.366. The number of ketones is 1. The van der Waals surface area contributed by atoms with E-state index in [-0.39, 0.29) is 23.6 Å². The fourth-order valence-electron chi connectivity index (χ4n) is 2.74. The second-order valence-electron chi connectivity index (χ2n) is 6.11. The molecule has 0 spiro atoms. The van der Waals surface area contributed by atoms with Crippen LogP contribution in [0.25, 0.3) is 11.3 Å². The van der Waals surface area contributed by atoms with Gasteiger partial charge in [0.15, 0.2) is 0 Å². The molecule has 0 aliphatic carbocycles. The number of hydrogen-bond donors (Lipinski definition) is 2. The SMILES string of the molecule is Cc1onc(-c2ccccc2)c1COc1ccc(C(=O)c2cc(=O)[nH][nH]2)cn1. The van der Waals surface area contributed by atoms with Crippen LogP contribution in [0.15, 0.2) is 64.0 Å². The first-order chi connectivity index (χ1) is 13.6. The van der Waals surface area contributed by atoms with E-state index in [1.54, 1.807) is 12.1 Å². The van der Waals surface area contributed by atoms with Gasteiger partial charge in [-0.25, -0.2) is 4.98 Å². The molecule has 28 heavy (non-hydrogen) atoms. The highest BCUT2D eigenvalue weighted by Crippen LogP contribution is 2.26. The lowest BCUT2D eigenvalue weighted by Gasteiger charge is -2.06. The summed E-state index contributed by atoms with van der Waals surface area (Å²) in [6.45, 7) is 2.05. The largest absolute Gasteiger partial charge is 0.473 e. The average molecular weight is 376 g/mol. The van der Waals surface area contributed by atoms with Crippen LogP contribution in [0.4, 0.5) is 0 Å². The number of carbonyl (C=O) groups excluding carboxylic acids is 1. The van der Waals surface area contributed by atoms with Gasteiger partial charge in [0.1, 0.15) is 23.8 Å². The predicted molar refractivity (Wildman–Crippen MR) is 100 cm³/mol. The highest BCUT2D eigenvalue weighted by Gasteiger charge is 2.16. The number of aromatic amines is 2. The van der Waals surface area contributed by atoms with Crippen LogP contribution in [-0.4, -0.2) is 26.1 Å². The molecule has 3 heterocycles. The van der Waals surface area contributed by atoms with Crippen molar-refractivity contribution in [2.45, 2.75) is 13.5 Å². The number of aromatic nitrogens is 4. The summed E-state index contributed by atoms with van der Waals surface area (Å²) in [6.07, 6.45) is 1.40. The summed E-state index contributed by atoms with van der Waals surface area (Å²) >= 11 is 0. The maximum atomic E-state index is 12.3. The lowest BCUT2D eigenvalue weighted by Crippen LogP contribution is -2.04. The quantitative estimate of drug-likeness (QED) is 0.500. The van der Waals surface area contributed by atoms with Gasteiger partial charge in [-0.05, 0) is 13.0 Å². The Balaban J connectivity index is 1.48. The van der Waals surface area contributed by atoms with E-state index in [1.807, 2.05) is 37.3 Å². The molecule has 0 aliphatic rings. The normalized spacial score (nSPS) is 10.8. The predicted octanol–water partition coefficient (Wildman–Crippen LogP) is 2.87. The van der Waals surface area contributed by atoms with E-state index in [9.17, 15) is 9.59 Å². The molecule has 0 radical (unpaired) electrons. The van der Waals surface area contributed by atoms with Gasteiger partial charge in [-0.1, -0.05) is 35.5 Å². The van der Waals surface area contributed by atoms with E-state index in [0.717, 1.165) is 16.8 Å². The summed E-state index contributed by atoms with van der Waals surface area (Å²) in [5, 5.41) is 8.98. The van der Waals surface area contributed by atoms with Crippen molar-refractivity contribution in [1.82, 2.24) is 20.3 Å². The molecular weight excluding hydrogens is 360 g/mol. The highest BCUT2D eigenvalue weighted by atomic mass is 16.5. The average Bonchev–Trinajstić information content (AvgIpc) is 3.32. The standard InChI is InChI=1S/C20H16N4O4/c1-12-15(19(24-28-12)13-5-3-2-4-6-13)11-27-18-8-7-14(10-21-18)20(26)16-9-17(25)23-22-16/h2-10H,11H2,1H3,(H2,22,23,25). The van der Waals surface area contributed by atoms with Crippen LogP contribution in [0.2, 0.25) is 0 Å². The van der Waals surface area contributed by atoms with Gasteiger partial charge >= 0.3 is 0 Å². The minimum Gasteiger partial charge on any atom is -0.473 e. The van der Waals surface area contributed by atoms with Gasteiger partial charge in [-0.2, -0.15) is 0 Å². The van der Waals surface area contributed by atoms with Gasteiger partial charge in [0.25, 0.3) is 5.56 Å². The van der Waals surface area contributed by atoms with Crippen LogP contribution in [-0.2, 0) is 6.61 Å². The van der Waals surface area contributed by atoms with Crippen molar-refractivity contribution in [2.75, 3.05) is 0 Å². The Morgan fingerprint density at radius 2 is 1.96 bits per heavy atom. The molecule has 0 atom stereocenters. The number of ether oxygens (including phenoxy) is 1. The van der Waals surface area contributed by atoms with Crippen molar-refractivity contribution in [3.63, 3.8) is 0 Å². The number of hydrogen-bond acceptors (Lipinski definition) is 6. The number of rotatable bonds is 6. The van der Waals surface area contributed by atoms with Gasteiger partial charge in [-0.15, -0.1) is 0 Å². The monoisotopic (exact) mass is 376 g/mol. The molecule has 0 fully saturated rings. The second-order valence-corrected chi connectivity index (χ2v) is 6.11. The smallest absolute Gasteiger partial charge is 0.264 e. The third-order valence-corrected chi connectivity index (χ3v) is 4.24. The Morgan fingerprint density at radius 1 is 1.14 bits per heavy atom.